The van der Waals surface area contributed by atoms with Gasteiger partial charge >= 0.3 is 5.97 Å². The number of piperidine rings is 1. The second kappa shape index (κ2) is 13.0. The van der Waals surface area contributed by atoms with Crippen LogP contribution in [0.15, 0.2) is 28.2 Å². The second-order valence-electron chi connectivity index (χ2n) is 7.97. The van der Waals surface area contributed by atoms with Crippen molar-refractivity contribution < 1.29 is 33.1 Å². The third-order valence-electron chi connectivity index (χ3n) is 5.52. The number of hydrogen-bond acceptors (Lipinski definition) is 9. The van der Waals surface area contributed by atoms with Gasteiger partial charge in [0.25, 0.3) is 5.91 Å². The van der Waals surface area contributed by atoms with E-state index in [0.717, 1.165) is 0 Å². The highest BCUT2D eigenvalue weighted by Gasteiger charge is 2.28. The number of aromatic nitrogens is 1. The second-order valence-corrected chi connectivity index (χ2v) is 8.83. The van der Waals surface area contributed by atoms with Crippen LogP contribution in [0.25, 0.3) is 0 Å². The molecular weight excluding hydrogens is 476 g/mol. The Bertz CT molecular complexity index is 999. The van der Waals surface area contributed by atoms with E-state index in [2.05, 4.69) is 10.3 Å². The maximum atomic E-state index is 12.7. The van der Waals surface area contributed by atoms with Gasteiger partial charge in [0.05, 0.1) is 37.5 Å². The first-order valence-electron chi connectivity index (χ1n) is 11.4. The highest BCUT2D eigenvalue weighted by molar-refractivity contribution is 7.13. The zero-order valence-electron chi connectivity index (χ0n) is 19.9. The fraction of sp³-hybridized carbons (Fsp3) is 0.522. The van der Waals surface area contributed by atoms with E-state index in [1.165, 1.54) is 35.7 Å². The van der Waals surface area contributed by atoms with Crippen LogP contribution in [0.2, 0.25) is 0 Å². The lowest BCUT2D eigenvalue weighted by atomic mass is 9.97. The summed E-state index contributed by atoms with van der Waals surface area (Å²) in [6.07, 6.45) is 2.66. The van der Waals surface area contributed by atoms with Gasteiger partial charge in [-0.2, -0.15) is 0 Å². The minimum Gasteiger partial charge on any atom is -0.466 e. The van der Waals surface area contributed by atoms with Gasteiger partial charge in [-0.15, -0.1) is 11.3 Å². The van der Waals surface area contributed by atoms with Gasteiger partial charge in [0.15, 0.2) is 10.9 Å². The van der Waals surface area contributed by atoms with E-state index in [1.807, 2.05) is 0 Å². The maximum Gasteiger partial charge on any atom is 0.309 e. The summed E-state index contributed by atoms with van der Waals surface area (Å²) in [4.78, 5) is 57.0. The molecule has 0 bridgehead atoms. The number of carbonyl (C=O) groups excluding carboxylic acids is 4. The molecule has 0 spiro atoms. The Morgan fingerprint density at radius 3 is 2.71 bits per heavy atom. The molecule has 11 nitrogen and oxygen atoms in total. The SMILES string of the molecule is CCOC(=O)C1CCN(C(=O)Cc2csc(NC(=O)CN(CCOC)C(=O)c3ccco3)n2)CC1. The van der Waals surface area contributed by atoms with Gasteiger partial charge in [-0.05, 0) is 31.9 Å². The van der Waals surface area contributed by atoms with Crippen molar-refractivity contribution in [2.24, 2.45) is 5.92 Å². The Morgan fingerprint density at radius 2 is 2.06 bits per heavy atom. The topological polar surface area (TPSA) is 131 Å². The Labute approximate surface area is 207 Å². The van der Waals surface area contributed by atoms with E-state index in [9.17, 15) is 19.2 Å². The first kappa shape index (κ1) is 26.4. The molecule has 2 aromatic heterocycles. The number of esters is 1. The summed E-state index contributed by atoms with van der Waals surface area (Å²) in [7, 11) is 1.51. The van der Waals surface area contributed by atoms with Crippen molar-refractivity contribution in [1.29, 1.82) is 0 Å². The van der Waals surface area contributed by atoms with Crippen LogP contribution < -0.4 is 5.32 Å². The largest absolute Gasteiger partial charge is 0.466 e. The van der Waals surface area contributed by atoms with Crippen molar-refractivity contribution in [3.8, 4) is 0 Å². The minimum atomic E-state index is -0.422. The third-order valence-corrected chi connectivity index (χ3v) is 6.32. The molecule has 0 saturated carbocycles. The molecule has 0 aromatic carbocycles. The molecule has 35 heavy (non-hydrogen) atoms. The summed E-state index contributed by atoms with van der Waals surface area (Å²) in [5, 5.41) is 4.74. The molecule has 3 heterocycles. The summed E-state index contributed by atoms with van der Waals surface area (Å²) in [6, 6.07) is 3.13. The molecule has 3 rings (SSSR count). The van der Waals surface area contributed by atoms with E-state index in [-0.39, 0.29) is 49.7 Å². The van der Waals surface area contributed by atoms with Crippen LogP contribution in [-0.4, -0.2) is 85.0 Å². The van der Waals surface area contributed by atoms with Crippen molar-refractivity contribution in [1.82, 2.24) is 14.8 Å². The quantitative estimate of drug-likeness (QED) is 0.457. The van der Waals surface area contributed by atoms with Crippen LogP contribution >= 0.6 is 11.3 Å². The van der Waals surface area contributed by atoms with Gasteiger partial charge in [-0.25, -0.2) is 4.98 Å². The molecule has 1 aliphatic heterocycles. The Kier molecular flexibility index (Phi) is 9.79. The molecule has 0 unspecified atom stereocenters. The van der Waals surface area contributed by atoms with E-state index in [4.69, 9.17) is 13.9 Å². The molecular formula is C23H30N4O7S. The lowest BCUT2D eigenvalue weighted by Gasteiger charge is -2.30. The van der Waals surface area contributed by atoms with Crippen LogP contribution in [0, 0.1) is 5.92 Å². The summed E-state index contributed by atoms with van der Waals surface area (Å²) >= 11 is 1.21. The number of carbonyl (C=O) groups is 4. The number of amides is 3. The van der Waals surface area contributed by atoms with E-state index >= 15 is 0 Å². The fourth-order valence-corrected chi connectivity index (χ4v) is 4.41. The number of hydrogen-bond donors (Lipinski definition) is 1. The molecule has 0 radical (unpaired) electrons. The number of nitrogens with zero attached hydrogens (tertiary/aromatic N) is 3. The number of furan rings is 1. The van der Waals surface area contributed by atoms with Crippen molar-refractivity contribution in [3.05, 3.63) is 35.2 Å². The van der Waals surface area contributed by atoms with Crippen LogP contribution in [-0.2, 0) is 30.3 Å². The van der Waals surface area contributed by atoms with Crippen LogP contribution in [0.1, 0.15) is 36.0 Å². The predicted octanol–water partition coefficient (Wildman–Crippen LogP) is 1.81. The van der Waals surface area contributed by atoms with Gasteiger partial charge in [-0.3, -0.25) is 19.2 Å². The predicted molar refractivity (Wildman–Crippen MR) is 127 cm³/mol. The van der Waals surface area contributed by atoms with Gasteiger partial charge in [0.2, 0.25) is 11.8 Å². The number of ether oxygens (including phenoxy) is 2. The number of likely N-dealkylation sites (tertiary alicyclic amines) is 1. The summed E-state index contributed by atoms with van der Waals surface area (Å²) < 4.78 is 15.2. The van der Waals surface area contributed by atoms with E-state index in [1.54, 1.807) is 23.3 Å². The number of anilines is 1. The molecule has 3 amide bonds. The normalized spacial score (nSPS) is 13.9. The monoisotopic (exact) mass is 506 g/mol. The number of nitrogens with one attached hydrogen (secondary N) is 1. The molecule has 12 heteroatoms. The van der Waals surface area contributed by atoms with Crippen molar-refractivity contribution >= 4 is 40.2 Å². The highest BCUT2D eigenvalue weighted by Crippen LogP contribution is 2.21. The standard InChI is InChI=1S/C23H30N4O7S/c1-3-33-22(31)16-6-8-26(9-7-16)20(29)13-17-15-35-23(24-17)25-19(28)14-27(10-12-32-2)21(30)18-5-4-11-34-18/h4-5,11,15-16H,3,6-10,12-14H2,1-2H3,(H,24,25,28). The summed E-state index contributed by atoms with van der Waals surface area (Å²) in [6.45, 7) is 3.40. The molecule has 0 aliphatic carbocycles. The zero-order valence-corrected chi connectivity index (χ0v) is 20.7. The molecule has 1 aliphatic rings. The minimum absolute atomic E-state index is 0.0785. The molecule has 2 aromatic rings. The lowest BCUT2D eigenvalue weighted by molar-refractivity contribution is -0.151. The number of thiazole rings is 1. The van der Waals surface area contributed by atoms with Crippen LogP contribution in [0.4, 0.5) is 5.13 Å². The maximum absolute atomic E-state index is 12.7. The first-order chi connectivity index (χ1) is 16.9. The van der Waals surface area contributed by atoms with Crippen molar-refractivity contribution in [2.75, 3.05) is 51.8 Å². The average molecular weight is 507 g/mol. The molecule has 190 valence electrons. The van der Waals surface area contributed by atoms with Crippen LogP contribution in [0.3, 0.4) is 0 Å². The van der Waals surface area contributed by atoms with Gasteiger partial charge < -0.3 is 29.0 Å². The molecule has 1 fully saturated rings. The number of rotatable bonds is 11. The average Bonchev–Trinajstić information content (AvgIpc) is 3.54. The van der Waals surface area contributed by atoms with Gasteiger partial charge in [0, 0.05) is 32.1 Å². The van der Waals surface area contributed by atoms with Crippen molar-refractivity contribution in [2.45, 2.75) is 26.2 Å². The molecule has 1 saturated heterocycles. The highest BCUT2D eigenvalue weighted by atomic mass is 32.1. The Hall–Kier alpha value is -3.25. The first-order valence-corrected chi connectivity index (χ1v) is 12.3. The van der Waals surface area contributed by atoms with E-state index < -0.39 is 11.8 Å². The molecule has 0 atom stereocenters. The van der Waals surface area contributed by atoms with Gasteiger partial charge in [-0.1, -0.05) is 0 Å². The fourth-order valence-electron chi connectivity index (χ4n) is 3.68. The smallest absolute Gasteiger partial charge is 0.309 e. The van der Waals surface area contributed by atoms with Crippen molar-refractivity contribution in [3.63, 3.8) is 0 Å². The molecule has 1 N–H and O–H groups in total. The summed E-state index contributed by atoms with van der Waals surface area (Å²) in [5.74, 6) is -1.15. The zero-order chi connectivity index (χ0) is 25.2. The number of methoxy groups -OCH3 is 1. The lowest BCUT2D eigenvalue weighted by Crippen LogP contribution is -2.41. The Balaban J connectivity index is 1.49. The van der Waals surface area contributed by atoms with Crippen LogP contribution in [0.5, 0.6) is 0 Å². The summed E-state index contributed by atoms with van der Waals surface area (Å²) in [5.41, 5.74) is 0.547. The third kappa shape index (κ3) is 7.62. The van der Waals surface area contributed by atoms with Gasteiger partial charge in [0.1, 0.15) is 6.54 Å². The van der Waals surface area contributed by atoms with E-state index in [0.29, 0.717) is 43.4 Å². The Morgan fingerprint density at radius 1 is 1.29 bits per heavy atom.